The largest absolute Gasteiger partial charge is 0.491 e. The zero-order valence-corrected chi connectivity index (χ0v) is 15.2. The summed E-state index contributed by atoms with van der Waals surface area (Å²) in [5, 5.41) is 3.37. The molecule has 1 N–H and O–H groups in total. The number of nitrogens with one attached hydrogen (secondary N) is 1. The molecule has 0 aliphatic rings. The molecule has 1 aromatic carbocycles. The number of benzene rings is 1. The summed E-state index contributed by atoms with van der Waals surface area (Å²) >= 11 is 6.92. The number of aromatic nitrogens is 1. The first kappa shape index (κ1) is 16.3. The molecule has 5 heteroatoms. The zero-order chi connectivity index (χ0) is 15.2. The Balaban J connectivity index is 2.01. The highest BCUT2D eigenvalue weighted by molar-refractivity contribution is 9.11. The van der Waals surface area contributed by atoms with Crippen LogP contribution in [0.4, 0.5) is 5.69 Å². The maximum Gasteiger partial charge on any atom is 0.121 e. The van der Waals surface area contributed by atoms with Crippen molar-refractivity contribution in [2.75, 3.05) is 5.32 Å². The number of anilines is 1. The van der Waals surface area contributed by atoms with Gasteiger partial charge in [0, 0.05) is 26.9 Å². The Bertz CT molecular complexity index is 605. The van der Waals surface area contributed by atoms with Crippen LogP contribution in [0.2, 0.25) is 0 Å². The lowest BCUT2D eigenvalue weighted by Gasteiger charge is -2.14. The second-order valence-electron chi connectivity index (χ2n) is 4.80. The van der Waals surface area contributed by atoms with Crippen molar-refractivity contribution in [3.63, 3.8) is 0 Å². The zero-order valence-electron chi connectivity index (χ0n) is 12.1. The van der Waals surface area contributed by atoms with Gasteiger partial charge in [0.25, 0.3) is 0 Å². The smallest absolute Gasteiger partial charge is 0.121 e. The van der Waals surface area contributed by atoms with E-state index in [1.54, 1.807) is 6.20 Å². The molecule has 0 aliphatic heterocycles. The summed E-state index contributed by atoms with van der Waals surface area (Å²) in [6.07, 6.45) is 3.01. The van der Waals surface area contributed by atoms with Crippen molar-refractivity contribution in [1.29, 1.82) is 0 Å². The van der Waals surface area contributed by atoms with Gasteiger partial charge >= 0.3 is 0 Å². The van der Waals surface area contributed by atoms with E-state index in [-0.39, 0.29) is 6.10 Å². The van der Waals surface area contributed by atoms with E-state index in [9.17, 15) is 0 Å². The second-order valence-corrected chi connectivity index (χ2v) is 6.57. The molecule has 3 nitrogen and oxygen atoms in total. The summed E-state index contributed by atoms with van der Waals surface area (Å²) in [7, 11) is 0. The summed E-state index contributed by atoms with van der Waals surface area (Å²) < 4.78 is 7.77. The van der Waals surface area contributed by atoms with E-state index in [1.165, 1.54) is 0 Å². The second kappa shape index (κ2) is 7.80. The summed E-state index contributed by atoms with van der Waals surface area (Å²) in [6, 6.07) is 10.00. The van der Waals surface area contributed by atoms with Crippen molar-refractivity contribution in [2.24, 2.45) is 0 Å². The Morgan fingerprint density at radius 1 is 1.29 bits per heavy atom. The number of rotatable bonds is 6. The van der Waals surface area contributed by atoms with Crippen LogP contribution in [0.3, 0.4) is 0 Å². The van der Waals surface area contributed by atoms with Crippen LogP contribution in [0.5, 0.6) is 5.75 Å². The van der Waals surface area contributed by atoms with Gasteiger partial charge in [0.05, 0.1) is 18.3 Å². The Kier molecular flexibility index (Phi) is 6.06. The lowest BCUT2D eigenvalue weighted by Crippen LogP contribution is -2.10. The average molecular weight is 414 g/mol. The number of hydrogen-bond acceptors (Lipinski definition) is 3. The predicted octanol–water partition coefficient (Wildman–Crippen LogP) is 5.40. The predicted molar refractivity (Wildman–Crippen MR) is 93.8 cm³/mol. The Morgan fingerprint density at radius 2 is 2.10 bits per heavy atom. The van der Waals surface area contributed by atoms with Gasteiger partial charge in [-0.15, -0.1) is 0 Å². The van der Waals surface area contributed by atoms with E-state index < -0.39 is 0 Å². The monoisotopic (exact) mass is 412 g/mol. The molecule has 0 radical (unpaired) electrons. The fraction of sp³-hybridized carbons (Fsp3) is 0.312. The van der Waals surface area contributed by atoms with E-state index in [0.29, 0.717) is 6.54 Å². The quantitative estimate of drug-likeness (QED) is 0.688. The maximum absolute atomic E-state index is 5.82. The first-order valence-corrected chi connectivity index (χ1v) is 8.47. The SMILES string of the molecule is CCC(C)Oc1cccc(NCc2ncc(Br)cc2Br)c1. The van der Waals surface area contributed by atoms with Crippen LogP contribution in [-0.2, 0) is 6.54 Å². The summed E-state index contributed by atoms with van der Waals surface area (Å²) in [4.78, 5) is 4.39. The molecule has 0 bridgehead atoms. The topological polar surface area (TPSA) is 34.1 Å². The van der Waals surface area contributed by atoms with Crippen molar-refractivity contribution >= 4 is 37.5 Å². The molecule has 1 atom stereocenters. The third-order valence-electron chi connectivity index (χ3n) is 3.09. The van der Waals surface area contributed by atoms with E-state index in [4.69, 9.17) is 4.74 Å². The number of pyridine rings is 1. The number of halogens is 2. The minimum atomic E-state index is 0.225. The van der Waals surface area contributed by atoms with Crippen molar-refractivity contribution in [2.45, 2.75) is 32.9 Å². The van der Waals surface area contributed by atoms with Gasteiger partial charge < -0.3 is 10.1 Å². The van der Waals surface area contributed by atoms with E-state index in [2.05, 4.69) is 56.0 Å². The van der Waals surface area contributed by atoms with Crippen LogP contribution in [0.1, 0.15) is 26.0 Å². The van der Waals surface area contributed by atoms with Gasteiger partial charge in [-0.3, -0.25) is 4.98 Å². The van der Waals surface area contributed by atoms with E-state index >= 15 is 0 Å². The average Bonchev–Trinajstić information content (AvgIpc) is 2.46. The van der Waals surface area contributed by atoms with Crippen LogP contribution in [0, 0.1) is 0 Å². The highest BCUT2D eigenvalue weighted by atomic mass is 79.9. The molecule has 0 saturated heterocycles. The molecule has 1 aromatic heterocycles. The van der Waals surface area contributed by atoms with Gasteiger partial charge in [-0.25, -0.2) is 0 Å². The standard InChI is InChI=1S/C16H18Br2N2O/c1-3-11(2)21-14-6-4-5-13(8-14)19-10-16-15(18)7-12(17)9-20-16/h4-9,11,19H,3,10H2,1-2H3. The Hall–Kier alpha value is -1.07. The first-order valence-electron chi connectivity index (χ1n) is 6.89. The molecule has 0 amide bonds. The minimum Gasteiger partial charge on any atom is -0.491 e. The molecule has 2 rings (SSSR count). The fourth-order valence-corrected chi connectivity index (χ4v) is 2.88. The lowest BCUT2D eigenvalue weighted by molar-refractivity contribution is 0.217. The normalized spacial score (nSPS) is 12.0. The molecule has 1 unspecified atom stereocenters. The van der Waals surface area contributed by atoms with Gasteiger partial charge in [0.15, 0.2) is 0 Å². The maximum atomic E-state index is 5.82. The van der Waals surface area contributed by atoms with Crippen LogP contribution in [0.25, 0.3) is 0 Å². The molecule has 0 fully saturated rings. The molecule has 0 spiro atoms. The molecule has 2 aromatic rings. The first-order chi connectivity index (χ1) is 10.1. The number of ether oxygens (including phenoxy) is 1. The highest BCUT2D eigenvalue weighted by Crippen LogP contribution is 2.22. The van der Waals surface area contributed by atoms with Crippen LogP contribution in [0.15, 0.2) is 45.5 Å². The highest BCUT2D eigenvalue weighted by Gasteiger charge is 2.04. The molecule has 1 heterocycles. The summed E-state index contributed by atoms with van der Waals surface area (Å²) in [5.41, 5.74) is 1.99. The fourth-order valence-electron chi connectivity index (χ4n) is 1.75. The molecule has 0 aliphatic carbocycles. The van der Waals surface area contributed by atoms with Crippen LogP contribution in [-0.4, -0.2) is 11.1 Å². The summed E-state index contributed by atoms with van der Waals surface area (Å²) in [6.45, 7) is 4.84. The van der Waals surface area contributed by atoms with Crippen molar-refractivity contribution in [3.8, 4) is 5.75 Å². The molecule has 21 heavy (non-hydrogen) atoms. The van der Waals surface area contributed by atoms with Gasteiger partial charge in [0.2, 0.25) is 0 Å². The number of hydrogen-bond donors (Lipinski definition) is 1. The number of nitrogens with zero attached hydrogens (tertiary/aromatic N) is 1. The van der Waals surface area contributed by atoms with Gasteiger partial charge in [-0.1, -0.05) is 13.0 Å². The van der Waals surface area contributed by atoms with Gasteiger partial charge in [0.1, 0.15) is 5.75 Å². The molecular weight excluding hydrogens is 396 g/mol. The minimum absolute atomic E-state index is 0.225. The lowest BCUT2D eigenvalue weighted by atomic mass is 10.2. The molecule has 112 valence electrons. The Morgan fingerprint density at radius 3 is 2.81 bits per heavy atom. The third-order valence-corrected chi connectivity index (χ3v) is 4.21. The van der Waals surface area contributed by atoms with E-state index in [1.807, 2.05) is 30.3 Å². The summed E-state index contributed by atoms with van der Waals surface area (Å²) in [5.74, 6) is 0.886. The Labute approximate surface area is 142 Å². The van der Waals surface area contributed by atoms with Gasteiger partial charge in [-0.2, -0.15) is 0 Å². The van der Waals surface area contributed by atoms with Crippen molar-refractivity contribution < 1.29 is 4.74 Å². The van der Waals surface area contributed by atoms with Crippen molar-refractivity contribution in [3.05, 3.63) is 51.2 Å². The third kappa shape index (κ3) is 5.00. The molecular formula is C16H18Br2N2O. The van der Waals surface area contributed by atoms with Gasteiger partial charge in [-0.05, 0) is 63.4 Å². The van der Waals surface area contributed by atoms with Crippen LogP contribution >= 0.6 is 31.9 Å². The van der Waals surface area contributed by atoms with Crippen molar-refractivity contribution in [1.82, 2.24) is 4.98 Å². The van der Waals surface area contributed by atoms with E-state index in [0.717, 1.165) is 32.5 Å². The van der Waals surface area contributed by atoms with Crippen LogP contribution < -0.4 is 10.1 Å². The molecule has 0 saturated carbocycles.